The van der Waals surface area contributed by atoms with Crippen molar-refractivity contribution in [3.05, 3.63) is 93.4 Å². The summed E-state index contributed by atoms with van der Waals surface area (Å²) in [5, 5.41) is 3.31. The Morgan fingerprint density at radius 1 is 1.00 bits per heavy atom. The quantitative estimate of drug-likeness (QED) is 0.563. The Morgan fingerprint density at radius 2 is 1.72 bits per heavy atom. The van der Waals surface area contributed by atoms with E-state index in [-0.39, 0.29) is 17.8 Å². The van der Waals surface area contributed by atoms with E-state index in [1.54, 1.807) is 12.1 Å². The maximum Gasteiger partial charge on any atom is 0.281 e. The van der Waals surface area contributed by atoms with Crippen molar-refractivity contribution in [2.24, 2.45) is 0 Å². The number of nitrogens with zero attached hydrogens (tertiary/aromatic N) is 2. The van der Waals surface area contributed by atoms with Crippen molar-refractivity contribution < 1.29 is 13.6 Å². The number of Topliss-reactive ketones (excluding diaryl/α,β-unsaturated/α-hetero) is 1. The number of ketones is 1. The number of fused-ring (bicyclic) bond motifs is 3. The standard InChI is InChI=1S/C22H15F2N3O2/c23-14-6-12(7-15(24)10-14)13-8-17-18(19(28)9-13)11-25-21-20(17)22(29)27(26-21)16-4-2-1-3-5-16/h1-7,10-11,13H,8-9H2,(H,25,26)/t13-/m1/s1. The van der Waals surface area contributed by atoms with E-state index in [0.717, 1.165) is 6.07 Å². The molecule has 0 unspecified atom stereocenters. The van der Waals surface area contributed by atoms with Gasteiger partial charge in [-0.3, -0.25) is 14.7 Å². The topological polar surface area (TPSA) is 67.8 Å². The number of para-hydroxylation sites is 1. The van der Waals surface area contributed by atoms with Crippen molar-refractivity contribution >= 4 is 16.8 Å². The molecule has 0 radical (unpaired) electrons. The first kappa shape index (κ1) is 17.5. The Morgan fingerprint density at radius 3 is 2.45 bits per heavy atom. The molecule has 0 saturated carbocycles. The largest absolute Gasteiger partial charge is 0.294 e. The highest BCUT2D eigenvalue weighted by atomic mass is 19.1. The van der Waals surface area contributed by atoms with Crippen LogP contribution in [0.5, 0.6) is 0 Å². The molecule has 29 heavy (non-hydrogen) atoms. The minimum atomic E-state index is -0.689. The van der Waals surface area contributed by atoms with Gasteiger partial charge in [0.25, 0.3) is 5.56 Å². The number of rotatable bonds is 2. The van der Waals surface area contributed by atoms with Gasteiger partial charge in [-0.2, -0.15) is 0 Å². The van der Waals surface area contributed by atoms with Gasteiger partial charge in [0.15, 0.2) is 11.4 Å². The second-order valence-electron chi connectivity index (χ2n) is 7.19. The maximum atomic E-state index is 13.7. The van der Waals surface area contributed by atoms with Crippen LogP contribution >= 0.6 is 0 Å². The summed E-state index contributed by atoms with van der Waals surface area (Å²) in [5.41, 5.74) is 2.07. The lowest BCUT2D eigenvalue weighted by molar-refractivity contribution is 0.0964. The molecule has 1 atom stereocenters. The number of hydrogen-bond donors (Lipinski definition) is 1. The van der Waals surface area contributed by atoms with Crippen molar-refractivity contribution in [2.75, 3.05) is 0 Å². The van der Waals surface area contributed by atoms with Gasteiger partial charge in [0, 0.05) is 24.2 Å². The Balaban J connectivity index is 1.68. The summed E-state index contributed by atoms with van der Waals surface area (Å²) in [5.74, 6) is -1.98. The van der Waals surface area contributed by atoms with Crippen LogP contribution < -0.4 is 5.56 Å². The highest BCUT2D eigenvalue weighted by Crippen LogP contribution is 2.35. The Bertz CT molecular complexity index is 1310. The fourth-order valence-corrected chi connectivity index (χ4v) is 4.04. The molecular formula is C22H15F2N3O2. The molecule has 0 amide bonds. The summed E-state index contributed by atoms with van der Waals surface area (Å²) in [6.45, 7) is 0. The van der Waals surface area contributed by atoms with Crippen LogP contribution in [0.1, 0.15) is 33.8 Å². The average molecular weight is 391 g/mol. The van der Waals surface area contributed by atoms with Crippen LogP contribution in [0.2, 0.25) is 0 Å². The van der Waals surface area contributed by atoms with Crippen LogP contribution in [0, 0.1) is 11.6 Å². The molecule has 0 fully saturated rings. The van der Waals surface area contributed by atoms with Crippen molar-refractivity contribution in [1.29, 1.82) is 0 Å². The fraction of sp³-hybridized carbons (Fsp3) is 0.136. The van der Waals surface area contributed by atoms with E-state index in [1.165, 1.54) is 23.0 Å². The van der Waals surface area contributed by atoms with Gasteiger partial charge in [0.1, 0.15) is 11.6 Å². The molecule has 2 aromatic carbocycles. The summed E-state index contributed by atoms with van der Waals surface area (Å²) >= 11 is 0. The molecule has 1 aliphatic carbocycles. The molecule has 0 aliphatic heterocycles. The summed E-state index contributed by atoms with van der Waals surface area (Å²) in [4.78, 5) is 30.1. The number of aromatic nitrogens is 3. The van der Waals surface area contributed by atoms with Crippen LogP contribution in [-0.4, -0.2) is 20.5 Å². The summed E-state index contributed by atoms with van der Waals surface area (Å²) < 4.78 is 28.8. The molecule has 0 spiro atoms. The molecule has 5 rings (SSSR count). The third-order valence-corrected chi connectivity index (χ3v) is 5.37. The van der Waals surface area contributed by atoms with Gasteiger partial charge in [-0.25, -0.2) is 18.4 Å². The van der Waals surface area contributed by atoms with E-state index in [2.05, 4.69) is 10.1 Å². The first-order valence-corrected chi connectivity index (χ1v) is 9.18. The van der Waals surface area contributed by atoms with Gasteiger partial charge >= 0.3 is 0 Å². The van der Waals surface area contributed by atoms with Gasteiger partial charge in [-0.15, -0.1) is 0 Å². The first-order chi connectivity index (χ1) is 14.0. The molecule has 2 heterocycles. The van der Waals surface area contributed by atoms with Gasteiger partial charge in [-0.05, 0) is 47.7 Å². The van der Waals surface area contributed by atoms with E-state index < -0.39 is 17.6 Å². The molecule has 5 nitrogen and oxygen atoms in total. The lowest BCUT2D eigenvalue weighted by atomic mass is 9.79. The molecular weight excluding hydrogens is 376 g/mol. The smallest absolute Gasteiger partial charge is 0.281 e. The zero-order valence-corrected chi connectivity index (χ0v) is 15.2. The number of benzene rings is 2. The van der Waals surface area contributed by atoms with Crippen LogP contribution in [0.15, 0.2) is 59.5 Å². The number of H-pyrrole nitrogens is 1. The molecule has 144 valence electrons. The Labute approximate surface area is 163 Å². The third-order valence-electron chi connectivity index (χ3n) is 5.37. The normalized spacial score (nSPS) is 16.2. The lowest BCUT2D eigenvalue weighted by Crippen LogP contribution is -2.22. The summed E-state index contributed by atoms with van der Waals surface area (Å²) in [6.07, 6.45) is 1.90. The lowest BCUT2D eigenvalue weighted by Gasteiger charge is -2.24. The van der Waals surface area contributed by atoms with E-state index >= 15 is 0 Å². The van der Waals surface area contributed by atoms with Crippen LogP contribution in [-0.2, 0) is 6.42 Å². The summed E-state index contributed by atoms with van der Waals surface area (Å²) in [7, 11) is 0. The zero-order valence-electron chi connectivity index (χ0n) is 15.2. The van der Waals surface area contributed by atoms with Crippen molar-refractivity contribution in [1.82, 2.24) is 14.8 Å². The van der Waals surface area contributed by atoms with Crippen molar-refractivity contribution in [2.45, 2.75) is 18.8 Å². The predicted molar refractivity (Wildman–Crippen MR) is 103 cm³/mol. The van der Waals surface area contributed by atoms with Gasteiger partial charge in [0.05, 0.1) is 11.1 Å². The molecule has 4 aromatic rings. The number of hydrogen-bond acceptors (Lipinski definition) is 3. The maximum absolute atomic E-state index is 13.7. The molecule has 2 aromatic heterocycles. The SMILES string of the molecule is O=C1C[C@H](c2cc(F)cc(F)c2)Cc2c1cnc1[nH]n(-c3ccccc3)c(=O)c21. The average Bonchev–Trinajstić information content (AvgIpc) is 3.05. The molecule has 1 aliphatic rings. The van der Waals surface area contributed by atoms with E-state index in [9.17, 15) is 18.4 Å². The monoisotopic (exact) mass is 391 g/mol. The first-order valence-electron chi connectivity index (χ1n) is 9.18. The van der Waals surface area contributed by atoms with E-state index in [1.807, 2.05) is 18.2 Å². The van der Waals surface area contributed by atoms with Crippen molar-refractivity contribution in [3.63, 3.8) is 0 Å². The number of carbonyl (C=O) groups excluding carboxylic acids is 1. The Kier molecular flexibility index (Phi) is 3.91. The molecule has 1 N–H and O–H groups in total. The zero-order chi connectivity index (χ0) is 20.1. The number of pyridine rings is 1. The molecule has 0 bridgehead atoms. The minimum absolute atomic E-state index is 0.111. The van der Waals surface area contributed by atoms with Gasteiger partial charge in [0.2, 0.25) is 0 Å². The number of carbonyl (C=O) groups is 1. The molecule has 7 heteroatoms. The van der Waals surface area contributed by atoms with Gasteiger partial charge < -0.3 is 0 Å². The van der Waals surface area contributed by atoms with E-state index in [0.29, 0.717) is 39.8 Å². The predicted octanol–water partition coefficient (Wildman–Crippen LogP) is 3.90. The number of nitrogens with one attached hydrogen (secondary N) is 1. The van der Waals surface area contributed by atoms with Gasteiger partial charge in [-0.1, -0.05) is 18.2 Å². The number of aromatic amines is 1. The Hall–Kier alpha value is -3.61. The van der Waals surface area contributed by atoms with Crippen LogP contribution in [0.3, 0.4) is 0 Å². The van der Waals surface area contributed by atoms with Crippen LogP contribution in [0.4, 0.5) is 8.78 Å². The fourth-order valence-electron chi connectivity index (χ4n) is 4.04. The second-order valence-corrected chi connectivity index (χ2v) is 7.19. The second kappa shape index (κ2) is 6.48. The van der Waals surface area contributed by atoms with E-state index in [4.69, 9.17) is 0 Å². The summed E-state index contributed by atoms with van der Waals surface area (Å²) in [6, 6.07) is 12.3. The third kappa shape index (κ3) is 2.86. The highest BCUT2D eigenvalue weighted by Gasteiger charge is 2.30. The molecule has 0 saturated heterocycles. The highest BCUT2D eigenvalue weighted by molar-refractivity contribution is 6.02. The number of halogens is 2. The van der Waals surface area contributed by atoms with Crippen molar-refractivity contribution in [3.8, 4) is 5.69 Å². The minimum Gasteiger partial charge on any atom is -0.294 e. The van der Waals surface area contributed by atoms with Crippen LogP contribution in [0.25, 0.3) is 16.7 Å².